The van der Waals surface area contributed by atoms with Crippen molar-refractivity contribution in [2.45, 2.75) is 26.4 Å². The quantitative estimate of drug-likeness (QED) is 0.425. The average molecular weight is 447 g/mol. The monoisotopic (exact) mass is 446 g/mol. The van der Waals surface area contributed by atoms with Crippen LogP contribution >= 0.6 is 11.6 Å². The maximum atomic E-state index is 12.3. The van der Waals surface area contributed by atoms with Crippen LogP contribution in [-0.4, -0.2) is 31.9 Å². The third-order valence-electron chi connectivity index (χ3n) is 4.44. The SMILES string of the molecule is CC(C)(C)OC(=O)Nc1nc(-c2ccccc2)c(-c2cc(Cl)c3[nH]ncc3c2)nc1C#N. The smallest absolute Gasteiger partial charge is 0.413 e. The Morgan fingerprint density at radius 2 is 1.84 bits per heavy atom. The lowest BCUT2D eigenvalue weighted by molar-refractivity contribution is 0.0635. The molecule has 0 saturated carbocycles. The van der Waals surface area contributed by atoms with Crippen LogP contribution in [0.2, 0.25) is 5.02 Å². The Labute approximate surface area is 189 Å². The Bertz CT molecular complexity index is 1350. The molecule has 8 nitrogen and oxygen atoms in total. The molecule has 0 unspecified atom stereocenters. The van der Waals surface area contributed by atoms with Gasteiger partial charge in [-0.2, -0.15) is 10.4 Å². The molecule has 0 saturated heterocycles. The van der Waals surface area contributed by atoms with E-state index in [9.17, 15) is 10.1 Å². The van der Waals surface area contributed by atoms with Crippen molar-refractivity contribution in [3.05, 3.63) is 59.4 Å². The molecular formula is C23H19ClN6O2. The van der Waals surface area contributed by atoms with E-state index in [0.29, 0.717) is 27.5 Å². The Balaban J connectivity index is 1.89. The molecule has 0 bridgehead atoms. The first-order valence-corrected chi connectivity index (χ1v) is 10.1. The fourth-order valence-corrected chi connectivity index (χ4v) is 3.42. The molecule has 2 N–H and O–H groups in total. The van der Waals surface area contributed by atoms with Gasteiger partial charge in [0, 0.05) is 16.5 Å². The number of fused-ring (bicyclic) bond motifs is 1. The number of benzene rings is 2. The summed E-state index contributed by atoms with van der Waals surface area (Å²) in [7, 11) is 0. The lowest BCUT2D eigenvalue weighted by Crippen LogP contribution is -2.28. The van der Waals surface area contributed by atoms with Crippen LogP contribution in [0.5, 0.6) is 0 Å². The number of carbonyl (C=O) groups excluding carboxylic acids is 1. The molecule has 0 fully saturated rings. The van der Waals surface area contributed by atoms with Gasteiger partial charge in [0.15, 0.2) is 11.5 Å². The number of nitrogens with zero attached hydrogens (tertiary/aromatic N) is 4. The molecule has 0 spiro atoms. The number of hydrogen-bond acceptors (Lipinski definition) is 6. The number of nitrogens with one attached hydrogen (secondary N) is 2. The summed E-state index contributed by atoms with van der Waals surface area (Å²) in [5, 5.41) is 20.4. The van der Waals surface area contributed by atoms with E-state index < -0.39 is 11.7 Å². The van der Waals surface area contributed by atoms with Gasteiger partial charge >= 0.3 is 6.09 Å². The molecule has 1 amide bonds. The standard InChI is InChI=1S/C23H19ClN6O2/c1-23(2,3)32-22(31)29-21-17(11-25)27-20(19(28-21)13-7-5-4-6-8-13)14-9-15-12-26-30-18(15)16(24)10-14/h4-10,12H,1-3H3,(H,26,30)(H,28,29,31). The molecule has 0 aliphatic rings. The summed E-state index contributed by atoms with van der Waals surface area (Å²) in [4.78, 5) is 21.5. The predicted molar refractivity (Wildman–Crippen MR) is 122 cm³/mol. The molecule has 2 aromatic carbocycles. The van der Waals surface area contributed by atoms with Gasteiger partial charge in [-0.1, -0.05) is 41.9 Å². The molecule has 4 aromatic rings. The zero-order valence-corrected chi connectivity index (χ0v) is 18.4. The molecule has 0 aliphatic carbocycles. The van der Waals surface area contributed by atoms with Crippen LogP contribution in [0.3, 0.4) is 0 Å². The van der Waals surface area contributed by atoms with Crippen molar-refractivity contribution < 1.29 is 9.53 Å². The second-order valence-corrected chi connectivity index (χ2v) is 8.42. The first kappa shape index (κ1) is 21.3. The Morgan fingerprint density at radius 3 is 2.53 bits per heavy atom. The van der Waals surface area contributed by atoms with Crippen molar-refractivity contribution in [2.24, 2.45) is 0 Å². The Hall–Kier alpha value is -3.96. The Kier molecular flexibility index (Phi) is 5.51. The van der Waals surface area contributed by atoms with Crippen LogP contribution in [-0.2, 0) is 4.74 Å². The lowest BCUT2D eigenvalue weighted by atomic mass is 10.0. The normalized spacial score (nSPS) is 11.2. The summed E-state index contributed by atoms with van der Waals surface area (Å²) in [6.45, 7) is 5.24. The van der Waals surface area contributed by atoms with Gasteiger partial charge in [-0.3, -0.25) is 10.4 Å². The fourth-order valence-electron chi connectivity index (χ4n) is 3.15. The number of aromatic amines is 1. The molecule has 0 aliphatic heterocycles. The minimum absolute atomic E-state index is 0.0137. The van der Waals surface area contributed by atoms with Crippen molar-refractivity contribution in [2.75, 3.05) is 5.32 Å². The molecule has 32 heavy (non-hydrogen) atoms. The van der Waals surface area contributed by atoms with E-state index in [1.165, 1.54) is 0 Å². The second kappa shape index (κ2) is 8.29. The maximum absolute atomic E-state index is 12.3. The number of aromatic nitrogens is 4. The van der Waals surface area contributed by atoms with E-state index in [1.807, 2.05) is 42.5 Å². The van der Waals surface area contributed by atoms with Gasteiger partial charge in [0.05, 0.1) is 28.1 Å². The van der Waals surface area contributed by atoms with Crippen LogP contribution in [0.15, 0.2) is 48.7 Å². The second-order valence-electron chi connectivity index (χ2n) is 8.02. The van der Waals surface area contributed by atoms with Crippen LogP contribution < -0.4 is 5.32 Å². The zero-order chi connectivity index (χ0) is 22.9. The van der Waals surface area contributed by atoms with Gasteiger partial charge in [-0.05, 0) is 32.9 Å². The van der Waals surface area contributed by atoms with Gasteiger partial charge in [0.25, 0.3) is 0 Å². The van der Waals surface area contributed by atoms with Gasteiger partial charge in [0.2, 0.25) is 0 Å². The number of anilines is 1. The van der Waals surface area contributed by atoms with Gasteiger partial charge in [-0.15, -0.1) is 0 Å². The summed E-state index contributed by atoms with van der Waals surface area (Å²) in [6.07, 6.45) is 0.933. The lowest BCUT2D eigenvalue weighted by Gasteiger charge is -2.20. The maximum Gasteiger partial charge on any atom is 0.413 e. The minimum atomic E-state index is -0.724. The third kappa shape index (κ3) is 4.38. The van der Waals surface area contributed by atoms with E-state index in [-0.39, 0.29) is 11.5 Å². The van der Waals surface area contributed by atoms with Gasteiger partial charge < -0.3 is 4.74 Å². The molecule has 4 rings (SSSR count). The molecular weight excluding hydrogens is 428 g/mol. The summed E-state index contributed by atoms with van der Waals surface area (Å²) in [5.41, 5.74) is 2.30. The number of H-pyrrole nitrogens is 1. The summed E-state index contributed by atoms with van der Waals surface area (Å²) >= 11 is 6.43. The van der Waals surface area contributed by atoms with Crippen molar-refractivity contribution in [3.8, 4) is 28.6 Å². The minimum Gasteiger partial charge on any atom is -0.444 e. The van der Waals surface area contributed by atoms with Crippen molar-refractivity contribution in [3.63, 3.8) is 0 Å². The molecule has 160 valence electrons. The summed E-state index contributed by atoms with van der Waals surface area (Å²) in [5.74, 6) is 0.0137. The van der Waals surface area contributed by atoms with Crippen molar-refractivity contribution in [1.82, 2.24) is 20.2 Å². The first-order chi connectivity index (χ1) is 15.2. The number of halogens is 1. The number of rotatable bonds is 3. The number of carbonyl (C=O) groups is 1. The van der Waals surface area contributed by atoms with E-state index in [1.54, 1.807) is 33.0 Å². The van der Waals surface area contributed by atoms with Crippen LogP contribution in [0.4, 0.5) is 10.6 Å². The highest BCUT2D eigenvalue weighted by molar-refractivity contribution is 6.35. The highest BCUT2D eigenvalue weighted by Crippen LogP contribution is 2.35. The van der Waals surface area contributed by atoms with E-state index in [0.717, 1.165) is 10.9 Å². The third-order valence-corrected chi connectivity index (χ3v) is 4.74. The molecule has 2 heterocycles. The number of ether oxygens (including phenoxy) is 1. The average Bonchev–Trinajstić information content (AvgIpc) is 3.22. The fraction of sp³-hybridized carbons (Fsp3) is 0.174. The Morgan fingerprint density at radius 1 is 1.12 bits per heavy atom. The predicted octanol–water partition coefficient (Wildman–Crippen LogP) is 5.56. The largest absolute Gasteiger partial charge is 0.444 e. The zero-order valence-electron chi connectivity index (χ0n) is 17.6. The summed E-state index contributed by atoms with van der Waals surface area (Å²) < 4.78 is 5.30. The topological polar surface area (TPSA) is 117 Å². The highest BCUT2D eigenvalue weighted by Gasteiger charge is 2.22. The number of hydrogen-bond donors (Lipinski definition) is 2. The molecule has 2 aromatic heterocycles. The van der Waals surface area contributed by atoms with E-state index in [2.05, 4.69) is 25.5 Å². The van der Waals surface area contributed by atoms with Crippen molar-refractivity contribution in [1.29, 1.82) is 5.26 Å². The van der Waals surface area contributed by atoms with Gasteiger partial charge in [-0.25, -0.2) is 14.8 Å². The molecule has 9 heteroatoms. The highest BCUT2D eigenvalue weighted by atomic mass is 35.5. The van der Waals surface area contributed by atoms with E-state index >= 15 is 0 Å². The van der Waals surface area contributed by atoms with Crippen LogP contribution in [0.25, 0.3) is 33.4 Å². The molecule has 0 radical (unpaired) electrons. The first-order valence-electron chi connectivity index (χ1n) is 9.76. The summed E-state index contributed by atoms with van der Waals surface area (Å²) in [6, 6.07) is 15.0. The van der Waals surface area contributed by atoms with Crippen molar-refractivity contribution >= 4 is 34.4 Å². The van der Waals surface area contributed by atoms with Crippen LogP contribution in [0, 0.1) is 11.3 Å². The van der Waals surface area contributed by atoms with E-state index in [4.69, 9.17) is 16.3 Å². The number of nitriles is 1. The van der Waals surface area contributed by atoms with Gasteiger partial charge in [0.1, 0.15) is 11.7 Å². The van der Waals surface area contributed by atoms with Crippen LogP contribution in [0.1, 0.15) is 26.5 Å². The molecule has 0 atom stereocenters. The number of amides is 1.